The van der Waals surface area contributed by atoms with E-state index >= 15 is 0 Å². The lowest BCUT2D eigenvalue weighted by Crippen LogP contribution is -2.50. The fraction of sp³-hybridized carbons (Fsp3) is 0.308. The lowest BCUT2D eigenvalue weighted by molar-refractivity contribution is -0.138. The van der Waals surface area contributed by atoms with Gasteiger partial charge in [0.15, 0.2) is 5.70 Å². The van der Waals surface area contributed by atoms with Crippen molar-refractivity contribution >= 4 is 17.5 Å². The van der Waals surface area contributed by atoms with Crippen LogP contribution in [0.2, 0.25) is 0 Å². The maximum absolute atomic E-state index is 13.8. The smallest absolute Gasteiger partial charge is 0.385 e. The molecule has 2 atom stereocenters. The van der Waals surface area contributed by atoms with Gasteiger partial charge in [-0.3, -0.25) is 14.5 Å². The molecule has 0 spiro atoms. The molecular weight excluding hydrogens is 473 g/mol. The van der Waals surface area contributed by atoms with Crippen LogP contribution in [0, 0.1) is 23.8 Å². The average molecular weight is 496 g/mol. The molecule has 10 heteroatoms. The van der Waals surface area contributed by atoms with Crippen LogP contribution in [-0.4, -0.2) is 32.1 Å². The van der Waals surface area contributed by atoms with Crippen LogP contribution < -0.4 is 10.2 Å². The van der Waals surface area contributed by atoms with E-state index in [2.05, 4.69) is 10.2 Å². The molecule has 186 valence electrons. The third-order valence-electron chi connectivity index (χ3n) is 5.88. The second kappa shape index (κ2) is 11.1. The zero-order valence-corrected chi connectivity index (χ0v) is 19.6. The Morgan fingerprint density at radius 3 is 2.53 bits per heavy atom. The molecule has 2 amide bonds. The van der Waals surface area contributed by atoms with E-state index in [-0.39, 0.29) is 23.6 Å². The van der Waals surface area contributed by atoms with Gasteiger partial charge in [-0.1, -0.05) is 18.2 Å². The first kappa shape index (κ1) is 26.5. The van der Waals surface area contributed by atoms with E-state index in [1.54, 1.807) is 12.1 Å². The van der Waals surface area contributed by atoms with Gasteiger partial charge >= 0.3 is 6.18 Å². The number of alkyl halides is 3. The van der Waals surface area contributed by atoms with E-state index in [0.29, 0.717) is 24.2 Å². The Hall–Kier alpha value is -4.15. The number of carbonyl (C=O) groups is 2. The summed E-state index contributed by atoms with van der Waals surface area (Å²) in [6.07, 6.45) is -4.16. The van der Waals surface area contributed by atoms with E-state index in [1.165, 1.54) is 38.3 Å². The van der Waals surface area contributed by atoms with Gasteiger partial charge in [0, 0.05) is 37.6 Å². The minimum absolute atomic E-state index is 0.0498. The van der Waals surface area contributed by atoms with E-state index in [1.807, 2.05) is 6.07 Å². The molecule has 1 heterocycles. The number of halogens is 3. The quantitative estimate of drug-likeness (QED) is 0.344. The standard InChI is InChI=1S/C26H23F3N4O3/c1-16-23(31-2)21(18-10-8-17(15-30)9-11-18)22(24(34)32-12-5-13-36-3)25(35)33(16)20-7-4-6-19(14-20)26(27,28)29/h4,6-11,14,21-22H,5,12-13H2,1,3H3,(H,32,34). The van der Waals surface area contributed by atoms with Crippen LogP contribution in [0.25, 0.3) is 4.85 Å². The highest BCUT2D eigenvalue weighted by molar-refractivity contribution is 6.11. The number of anilines is 1. The van der Waals surface area contributed by atoms with Crippen LogP contribution in [0.1, 0.15) is 36.0 Å². The Morgan fingerprint density at radius 1 is 1.25 bits per heavy atom. The van der Waals surface area contributed by atoms with Crippen LogP contribution in [0.15, 0.2) is 59.9 Å². The molecule has 36 heavy (non-hydrogen) atoms. The molecule has 0 aliphatic carbocycles. The number of benzene rings is 2. The molecule has 1 aliphatic rings. The Bertz CT molecular complexity index is 1260. The van der Waals surface area contributed by atoms with Crippen molar-refractivity contribution in [2.45, 2.75) is 25.4 Å². The Labute approximate surface area is 206 Å². The third kappa shape index (κ3) is 5.40. The van der Waals surface area contributed by atoms with Crippen molar-refractivity contribution in [3.63, 3.8) is 0 Å². The topological polar surface area (TPSA) is 86.8 Å². The summed E-state index contributed by atoms with van der Waals surface area (Å²) in [5.74, 6) is -3.80. The molecule has 0 bridgehead atoms. The molecular formula is C26H23F3N4O3. The number of rotatable bonds is 7. The van der Waals surface area contributed by atoms with Crippen molar-refractivity contribution in [2.75, 3.05) is 25.2 Å². The fourth-order valence-electron chi connectivity index (χ4n) is 4.15. The lowest BCUT2D eigenvalue weighted by atomic mass is 9.78. The number of nitriles is 1. The second-order valence-electron chi connectivity index (χ2n) is 8.13. The number of hydrogen-bond acceptors (Lipinski definition) is 4. The highest BCUT2D eigenvalue weighted by Crippen LogP contribution is 2.43. The highest BCUT2D eigenvalue weighted by atomic mass is 19.4. The fourth-order valence-corrected chi connectivity index (χ4v) is 4.15. The number of nitrogens with one attached hydrogen (secondary N) is 1. The zero-order valence-electron chi connectivity index (χ0n) is 19.6. The van der Waals surface area contributed by atoms with Gasteiger partial charge < -0.3 is 10.1 Å². The van der Waals surface area contributed by atoms with E-state index in [4.69, 9.17) is 16.6 Å². The molecule has 1 N–H and O–H groups in total. The SMILES string of the molecule is [C-]#[N+]C1=C(C)N(c2cccc(C(F)(F)F)c2)C(=O)C(C(=O)NCCCOC)C1c1ccc(C#N)cc1. The first-order chi connectivity index (χ1) is 17.1. The van der Waals surface area contributed by atoms with Crippen molar-refractivity contribution in [1.29, 1.82) is 5.26 Å². The number of ether oxygens (including phenoxy) is 1. The van der Waals surface area contributed by atoms with Crippen molar-refractivity contribution in [3.8, 4) is 6.07 Å². The monoisotopic (exact) mass is 496 g/mol. The van der Waals surface area contributed by atoms with Gasteiger partial charge in [-0.25, -0.2) is 4.85 Å². The molecule has 7 nitrogen and oxygen atoms in total. The number of allylic oxidation sites excluding steroid dienone is 2. The molecule has 2 unspecified atom stereocenters. The second-order valence-corrected chi connectivity index (χ2v) is 8.13. The van der Waals surface area contributed by atoms with Crippen molar-refractivity contribution < 1.29 is 27.5 Å². The molecule has 0 fully saturated rings. The number of amides is 2. The Balaban J connectivity index is 2.15. The molecule has 0 saturated heterocycles. The van der Waals surface area contributed by atoms with Gasteiger partial charge in [0.05, 0.1) is 23.8 Å². The molecule has 2 aromatic carbocycles. The van der Waals surface area contributed by atoms with Gasteiger partial charge in [0.2, 0.25) is 11.8 Å². The molecule has 1 aliphatic heterocycles. The van der Waals surface area contributed by atoms with Crippen LogP contribution >= 0.6 is 0 Å². The summed E-state index contributed by atoms with van der Waals surface area (Å²) < 4.78 is 45.1. The van der Waals surface area contributed by atoms with E-state index in [0.717, 1.165) is 17.0 Å². The summed E-state index contributed by atoms with van der Waals surface area (Å²) >= 11 is 0. The zero-order chi connectivity index (χ0) is 26.5. The van der Waals surface area contributed by atoms with Gasteiger partial charge in [-0.05, 0) is 49.2 Å². The largest absolute Gasteiger partial charge is 0.416 e. The van der Waals surface area contributed by atoms with Crippen LogP contribution in [0.3, 0.4) is 0 Å². The lowest BCUT2D eigenvalue weighted by Gasteiger charge is -2.38. The molecule has 0 saturated carbocycles. The number of hydrogen-bond donors (Lipinski definition) is 1. The van der Waals surface area contributed by atoms with Gasteiger partial charge in [0.25, 0.3) is 0 Å². The first-order valence-corrected chi connectivity index (χ1v) is 11.0. The third-order valence-corrected chi connectivity index (χ3v) is 5.88. The van der Waals surface area contributed by atoms with Crippen molar-refractivity contribution in [2.24, 2.45) is 5.92 Å². The summed E-state index contributed by atoms with van der Waals surface area (Å²) in [5.41, 5.74) is -0.0462. The summed E-state index contributed by atoms with van der Waals surface area (Å²) in [4.78, 5) is 31.7. The first-order valence-electron chi connectivity index (χ1n) is 11.0. The molecule has 0 radical (unpaired) electrons. The summed E-state index contributed by atoms with van der Waals surface area (Å²) in [6, 6.07) is 12.4. The number of methoxy groups -OCH3 is 1. The van der Waals surface area contributed by atoms with Crippen molar-refractivity contribution in [1.82, 2.24) is 5.32 Å². The summed E-state index contributed by atoms with van der Waals surface area (Å²) in [5, 5.41) is 11.8. The highest BCUT2D eigenvalue weighted by Gasteiger charge is 2.47. The predicted octanol–water partition coefficient (Wildman–Crippen LogP) is 4.63. The van der Waals surface area contributed by atoms with Crippen LogP contribution in [0.4, 0.5) is 18.9 Å². The minimum Gasteiger partial charge on any atom is -0.385 e. The van der Waals surface area contributed by atoms with Crippen LogP contribution in [0.5, 0.6) is 0 Å². The number of carbonyl (C=O) groups excluding carboxylic acids is 2. The minimum atomic E-state index is -4.64. The number of nitrogens with zero attached hydrogens (tertiary/aromatic N) is 3. The Morgan fingerprint density at radius 2 is 1.94 bits per heavy atom. The van der Waals surface area contributed by atoms with E-state index < -0.39 is 35.4 Å². The van der Waals surface area contributed by atoms with Gasteiger partial charge in [0.1, 0.15) is 5.92 Å². The maximum Gasteiger partial charge on any atom is 0.416 e. The Kier molecular flexibility index (Phi) is 8.13. The summed E-state index contributed by atoms with van der Waals surface area (Å²) in [7, 11) is 1.51. The predicted molar refractivity (Wildman–Crippen MR) is 125 cm³/mol. The summed E-state index contributed by atoms with van der Waals surface area (Å²) in [6.45, 7) is 9.87. The maximum atomic E-state index is 13.8. The van der Waals surface area contributed by atoms with Gasteiger partial charge in [-0.15, -0.1) is 0 Å². The van der Waals surface area contributed by atoms with E-state index in [9.17, 15) is 22.8 Å². The van der Waals surface area contributed by atoms with Gasteiger partial charge in [-0.2, -0.15) is 18.4 Å². The normalized spacial score (nSPS) is 18.0. The molecule has 0 aromatic heterocycles. The van der Waals surface area contributed by atoms with Crippen molar-refractivity contribution in [3.05, 3.63) is 88.0 Å². The molecule has 3 rings (SSSR count). The van der Waals surface area contributed by atoms with Crippen LogP contribution in [-0.2, 0) is 20.5 Å². The molecule has 2 aromatic rings. The average Bonchev–Trinajstić information content (AvgIpc) is 2.86.